The number of aromatic nitrogens is 1. The number of nitrogens with zero attached hydrogens (tertiary/aromatic N) is 2. The maximum atomic E-state index is 12.6. The molecule has 2 heterocycles. The zero-order valence-electron chi connectivity index (χ0n) is 12.9. The molecule has 1 amide bonds. The topological polar surface area (TPSA) is 89.0 Å². The summed E-state index contributed by atoms with van der Waals surface area (Å²) in [6, 6.07) is 2.65. The molecule has 0 bridgehead atoms. The Bertz CT molecular complexity index is 573. The van der Waals surface area contributed by atoms with Gasteiger partial charge in [-0.2, -0.15) is 0 Å². The summed E-state index contributed by atoms with van der Waals surface area (Å²) in [6.07, 6.45) is 1.11. The number of hydrogen-bond acceptors (Lipinski definition) is 5. The highest BCUT2D eigenvalue weighted by atomic mass is 16.5. The number of aromatic carboxylic acids is 1. The number of hydrogen-bond donors (Lipinski definition) is 1. The van der Waals surface area contributed by atoms with Crippen LogP contribution in [0.2, 0.25) is 0 Å². The van der Waals surface area contributed by atoms with Crippen molar-refractivity contribution in [3.05, 3.63) is 29.6 Å². The number of carbonyl (C=O) groups is 2. The molecule has 120 valence electrons. The van der Waals surface area contributed by atoms with Gasteiger partial charge in [0.25, 0.3) is 5.91 Å². The molecule has 0 spiro atoms. The van der Waals surface area contributed by atoms with Gasteiger partial charge in [0.05, 0.1) is 23.9 Å². The fraction of sp³-hybridized carbons (Fsp3) is 0.533. The first-order chi connectivity index (χ1) is 10.3. The normalized spacial score (nSPS) is 20.7. The van der Waals surface area contributed by atoms with Crippen LogP contribution in [0.15, 0.2) is 18.3 Å². The standard InChI is InChI=1S/C15H20N2O5/c1-15(2)9-17(7-11(22-15)8-21-3)13(18)12-6-10(14(19)20)4-5-16-12/h4-6,11H,7-9H2,1-3H3,(H,19,20). The highest BCUT2D eigenvalue weighted by molar-refractivity contribution is 5.95. The molecule has 7 nitrogen and oxygen atoms in total. The van der Waals surface area contributed by atoms with Gasteiger partial charge in [0.1, 0.15) is 5.69 Å². The van der Waals surface area contributed by atoms with Gasteiger partial charge in [-0.3, -0.25) is 9.78 Å². The molecule has 1 aromatic heterocycles. The number of rotatable bonds is 4. The second-order valence-corrected chi connectivity index (χ2v) is 5.88. The molecular weight excluding hydrogens is 288 g/mol. The van der Waals surface area contributed by atoms with Crippen LogP contribution in [-0.4, -0.2) is 65.4 Å². The minimum absolute atomic E-state index is 0.0410. The van der Waals surface area contributed by atoms with Crippen LogP contribution < -0.4 is 0 Å². The van der Waals surface area contributed by atoms with E-state index in [0.29, 0.717) is 19.7 Å². The smallest absolute Gasteiger partial charge is 0.335 e. The zero-order chi connectivity index (χ0) is 16.3. The van der Waals surface area contributed by atoms with E-state index in [-0.39, 0.29) is 23.3 Å². The van der Waals surface area contributed by atoms with Crippen molar-refractivity contribution in [2.75, 3.05) is 26.8 Å². The molecule has 22 heavy (non-hydrogen) atoms. The number of methoxy groups -OCH3 is 1. The SMILES string of the molecule is COCC1CN(C(=O)c2cc(C(=O)O)ccn2)CC(C)(C)O1. The number of carboxylic acid groups (broad SMARTS) is 1. The third kappa shape index (κ3) is 3.80. The van der Waals surface area contributed by atoms with Crippen LogP contribution in [0, 0.1) is 0 Å². The lowest BCUT2D eigenvalue weighted by molar-refractivity contribution is -0.143. The first-order valence-corrected chi connectivity index (χ1v) is 6.98. The van der Waals surface area contributed by atoms with E-state index in [1.807, 2.05) is 13.8 Å². The number of carboxylic acids is 1. The van der Waals surface area contributed by atoms with E-state index < -0.39 is 11.6 Å². The van der Waals surface area contributed by atoms with Gasteiger partial charge < -0.3 is 19.5 Å². The fourth-order valence-corrected chi connectivity index (χ4v) is 2.57. The second kappa shape index (κ2) is 6.41. The van der Waals surface area contributed by atoms with Crippen molar-refractivity contribution >= 4 is 11.9 Å². The van der Waals surface area contributed by atoms with E-state index >= 15 is 0 Å². The number of morpholine rings is 1. The lowest BCUT2D eigenvalue weighted by atomic mass is 10.0. The maximum Gasteiger partial charge on any atom is 0.335 e. The van der Waals surface area contributed by atoms with E-state index in [1.165, 1.54) is 18.3 Å². The summed E-state index contributed by atoms with van der Waals surface area (Å²) in [7, 11) is 1.58. The second-order valence-electron chi connectivity index (χ2n) is 5.88. The van der Waals surface area contributed by atoms with E-state index in [0.717, 1.165) is 0 Å². The summed E-state index contributed by atoms with van der Waals surface area (Å²) >= 11 is 0. The highest BCUT2D eigenvalue weighted by Gasteiger charge is 2.36. The van der Waals surface area contributed by atoms with Crippen molar-refractivity contribution in [3.8, 4) is 0 Å². The maximum absolute atomic E-state index is 12.6. The van der Waals surface area contributed by atoms with Crippen LogP contribution in [-0.2, 0) is 9.47 Å². The summed E-state index contributed by atoms with van der Waals surface area (Å²) in [5, 5.41) is 9.01. The van der Waals surface area contributed by atoms with Crippen molar-refractivity contribution in [2.45, 2.75) is 25.6 Å². The minimum Gasteiger partial charge on any atom is -0.478 e. The van der Waals surface area contributed by atoms with Crippen LogP contribution in [0.1, 0.15) is 34.7 Å². The quantitative estimate of drug-likeness (QED) is 0.894. The Balaban J connectivity index is 2.20. The van der Waals surface area contributed by atoms with Crippen molar-refractivity contribution in [3.63, 3.8) is 0 Å². The lowest BCUT2D eigenvalue weighted by Crippen LogP contribution is -2.55. The van der Waals surface area contributed by atoms with Gasteiger partial charge in [0, 0.05) is 26.4 Å². The molecule has 2 rings (SSSR count). The van der Waals surface area contributed by atoms with Gasteiger partial charge >= 0.3 is 5.97 Å². The number of pyridine rings is 1. The Hall–Kier alpha value is -1.99. The number of carbonyl (C=O) groups excluding carboxylic acids is 1. The van der Waals surface area contributed by atoms with Crippen molar-refractivity contribution < 1.29 is 24.2 Å². The molecule has 0 aromatic carbocycles. The van der Waals surface area contributed by atoms with Gasteiger partial charge in [0.15, 0.2) is 0 Å². The van der Waals surface area contributed by atoms with E-state index in [4.69, 9.17) is 14.6 Å². The summed E-state index contributed by atoms with van der Waals surface area (Å²) < 4.78 is 11.0. The molecule has 1 saturated heterocycles. The Morgan fingerprint density at radius 3 is 2.91 bits per heavy atom. The molecule has 0 saturated carbocycles. The molecule has 7 heteroatoms. The molecule has 1 aliphatic heterocycles. The van der Waals surface area contributed by atoms with Gasteiger partial charge in [0.2, 0.25) is 0 Å². The van der Waals surface area contributed by atoms with Gasteiger partial charge in [-0.25, -0.2) is 4.79 Å². The molecule has 1 unspecified atom stereocenters. The summed E-state index contributed by atoms with van der Waals surface area (Å²) in [4.78, 5) is 29.2. The lowest BCUT2D eigenvalue weighted by Gasteiger charge is -2.42. The summed E-state index contributed by atoms with van der Waals surface area (Å²) in [6.45, 7) is 4.97. The van der Waals surface area contributed by atoms with Crippen molar-refractivity contribution in [2.24, 2.45) is 0 Å². The van der Waals surface area contributed by atoms with Crippen LogP contribution in [0.4, 0.5) is 0 Å². The largest absolute Gasteiger partial charge is 0.478 e. The van der Waals surface area contributed by atoms with Crippen LogP contribution >= 0.6 is 0 Å². The third-order valence-corrected chi connectivity index (χ3v) is 3.35. The third-order valence-electron chi connectivity index (χ3n) is 3.35. The Morgan fingerprint density at radius 1 is 1.55 bits per heavy atom. The van der Waals surface area contributed by atoms with Gasteiger partial charge in [-0.05, 0) is 26.0 Å². The van der Waals surface area contributed by atoms with E-state index in [2.05, 4.69) is 4.98 Å². The van der Waals surface area contributed by atoms with Crippen LogP contribution in [0.3, 0.4) is 0 Å². The van der Waals surface area contributed by atoms with Gasteiger partial charge in [-0.1, -0.05) is 0 Å². The molecule has 1 atom stereocenters. The zero-order valence-corrected chi connectivity index (χ0v) is 12.9. The van der Waals surface area contributed by atoms with E-state index in [9.17, 15) is 9.59 Å². The Kier molecular flexibility index (Phi) is 4.77. The molecule has 1 aromatic rings. The molecule has 1 fully saturated rings. The minimum atomic E-state index is -1.09. The average molecular weight is 308 g/mol. The molecule has 1 aliphatic rings. The fourth-order valence-electron chi connectivity index (χ4n) is 2.57. The number of amides is 1. The molecule has 0 radical (unpaired) electrons. The predicted octanol–water partition coefficient (Wildman–Crippen LogP) is 1.05. The van der Waals surface area contributed by atoms with Crippen LogP contribution in [0.25, 0.3) is 0 Å². The first-order valence-electron chi connectivity index (χ1n) is 6.98. The predicted molar refractivity (Wildman–Crippen MR) is 77.9 cm³/mol. The van der Waals surface area contributed by atoms with Crippen molar-refractivity contribution in [1.29, 1.82) is 0 Å². The summed E-state index contributed by atoms with van der Waals surface area (Å²) in [5.41, 5.74) is -0.338. The summed E-state index contributed by atoms with van der Waals surface area (Å²) in [5.74, 6) is -1.39. The Labute approximate surface area is 128 Å². The van der Waals surface area contributed by atoms with E-state index in [1.54, 1.807) is 12.0 Å². The van der Waals surface area contributed by atoms with Crippen LogP contribution in [0.5, 0.6) is 0 Å². The highest BCUT2D eigenvalue weighted by Crippen LogP contribution is 2.22. The van der Waals surface area contributed by atoms with Crippen molar-refractivity contribution in [1.82, 2.24) is 9.88 Å². The molecule has 1 N–H and O–H groups in total. The Morgan fingerprint density at radius 2 is 2.27 bits per heavy atom. The number of ether oxygens (including phenoxy) is 2. The molecular formula is C15H20N2O5. The van der Waals surface area contributed by atoms with Gasteiger partial charge in [-0.15, -0.1) is 0 Å². The molecule has 0 aliphatic carbocycles. The first kappa shape index (κ1) is 16.4. The monoisotopic (exact) mass is 308 g/mol. The average Bonchev–Trinajstić information content (AvgIpc) is 2.45.